The highest BCUT2D eigenvalue weighted by Gasteiger charge is 2.12. The van der Waals surface area contributed by atoms with Gasteiger partial charge in [-0.3, -0.25) is 0 Å². The molecule has 3 nitrogen and oxygen atoms in total. The Balaban J connectivity index is 1.70. The van der Waals surface area contributed by atoms with Gasteiger partial charge in [0.2, 0.25) is 0 Å². The fourth-order valence-corrected chi connectivity index (χ4v) is 4.73. The van der Waals surface area contributed by atoms with Gasteiger partial charge in [-0.25, -0.2) is 4.79 Å². The number of ether oxygens (including phenoxy) is 1. The lowest BCUT2D eigenvalue weighted by atomic mass is 10.0. The highest BCUT2D eigenvalue weighted by atomic mass is 32.1. The Kier molecular flexibility index (Phi) is 5.74. The van der Waals surface area contributed by atoms with E-state index >= 15 is 0 Å². The molecule has 0 saturated carbocycles. The molecule has 146 valence electrons. The first-order chi connectivity index (χ1) is 14.2. The maximum absolute atomic E-state index is 12.1. The molecule has 0 spiro atoms. The van der Waals surface area contributed by atoms with Crippen LogP contribution in [0.3, 0.4) is 0 Å². The SMILES string of the molecule is CCOC(=O)c1cccc(-c2cccc3cc(Cc4cccc(CO)c4)sc23)c1. The van der Waals surface area contributed by atoms with Gasteiger partial charge < -0.3 is 9.84 Å². The summed E-state index contributed by atoms with van der Waals surface area (Å²) in [6.07, 6.45) is 0.829. The summed E-state index contributed by atoms with van der Waals surface area (Å²) in [5.41, 5.74) is 4.82. The molecule has 4 aromatic rings. The van der Waals surface area contributed by atoms with E-state index in [4.69, 9.17) is 4.74 Å². The smallest absolute Gasteiger partial charge is 0.338 e. The molecule has 1 heterocycles. The Morgan fingerprint density at radius 3 is 2.59 bits per heavy atom. The molecule has 1 aromatic heterocycles. The molecule has 0 aliphatic heterocycles. The van der Waals surface area contributed by atoms with E-state index in [2.05, 4.69) is 30.3 Å². The van der Waals surface area contributed by atoms with Crippen LogP contribution in [0.1, 0.15) is 33.3 Å². The van der Waals surface area contributed by atoms with Crippen molar-refractivity contribution in [3.05, 3.63) is 94.4 Å². The molecule has 0 atom stereocenters. The molecule has 0 fully saturated rings. The number of carbonyl (C=O) groups excluding carboxylic acids is 1. The fourth-order valence-electron chi connectivity index (χ4n) is 3.50. The summed E-state index contributed by atoms with van der Waals surface area (Å²) in [5.74, 6) is -0.294. The molecule has 1 N–H and O–H groups in total. The highest BCUT2D eigenvalue weighted by molar-refractivity contribution is 7.19. The van der Waals surface area contributed by atoms with E-state index in [1.165, 1.54) is 20.5 Å². The zero-order valence-electron chi connectivity index (χ0n) is 16.2. The first-order valence-electron chi connectivity index (χ1n) is 9.65. The van der Waals surface area contributed by atoms with Crippen molar-refractivity contribution in [3.8, 4) is 11.1 Å². The number of benzene rings is 3. The van der Waals surface area contributed by atoms with E-state index < -0.39 is 0 Å². The lowest BCUT2D eigenvalue weighted by Crippen LogP contribution is -2.04. The van der Waals surface area contributed by atoms with Crippen LogP contribution in [0.25, 0.3) is 21.2 Å². The van der Waals surface area contributed by atoms with E-state index in [0.29, 0.717) is 12.2 Å². The van der Waals surface area contributed by atoms with Crippen LogP contribution < -0.4 is 0 Å². The number of carbonyl (C=O) groups is 1. The molecule has 0 aliphatic carbocycles. The van der Waals surface area contributed by atoms with Crippen LogP contribution in [0, 0.1) is 0 Å². The molecule has 0 radical (unpaired) electrons. The van der Waals surface area contributed by atoms with Crippen molar-refractivity contribution >= 4 is 27.4 Å². The average Bonchev–Trinajstić information content (AvgIpc) is 3.16. The fraction of sp³-hybridized carbons (Fsp3) is 0.160. The van der Waals surface area contributed by atoms with Gasteiger partial charge in [0, 0.05) is 16.0 Å². The predicted molar refractivity (Wildman–Crippen MR) is 118 cm³/mol. The van der Waals surface area contributed by atoms with E-state index in [-0.39, 0.29) is 12.6 Å². The third-order valence-electron chi connectivity index (χ3n) is 4.83. The molecule has 0 saturated heterocycles. The Morgan fingerprint density at radius 1 is 0.966 bits per heavy atom. The van der Waals surface area contributed by atoms with E-state index in [9.17, 15) is 9.90 Å². The number of hydrogen-bond donors (Lipinski definition) is 1. The third-order valence-corrected chi connectivity index (χ3v) is 6.02. The summed E-state index contributed by atoms with van der Waals surface area (Å²) >= 11 is 1.77. The molecular formula is C25H22O3S. The summed E-state index contributed by atoms with van der Waals surface area (Å²) in [6.45, 7) is 2.23. The summed E-state index contributed by atoms with van der Waals surface area (Å²) in [4.78, 5) is 13.4. The zero-order valence-corrected chi connectivity index (χ0v) is 17.0. The van der Waals surface area contributed by atoms with Crippen molar-refractivity contribution < 1.29 is 14.6 Å². The second kappa shape index (κ2) is 8.60. The molecule has 29 heavy (non-hydrogen) atoms. The lowest BCUT2D eigenvalue weighted by molar-refractivity contribution is 0.0526. The van der Waals surface area contributed by atoms with Gasteiger partial charge in [0.1, 0.15) is 0 Å². The van der Waals surface area contributed by atoms with Gasteiger partial charge in [-0.05, 0) is 52.8 Å². The van der Waals surface area contributed by atoms with Gasteiger partial charge in [-0.2, -0.15) is 0 Å². The average molecular weight is 403 g/mol. The summed E-state index contributed by atoms with van der Waals surface area (Å²) in [7, 11) is 0. The molecule has 0 unspecified atom stereocenters. The minimum Gasteiger partial charge on any atom is -0.462 e. The van der Waals surface area contributed by atoms with Crippen LogP contribution >= 0.6 is 11.3 Å². The number of fused-ring (bicyclic) bond motifs is 1. The molecule has 4 heteroatoms. The number of hydrogen-bond acceptors (Lipinski definition) is 4. The third kappa shape index (κ3) is 4.24. The number of aliphatic hydroxyl groups is 1. The first-order valence-corrected chi connectivity index (χ1v) is 10.5. The largest absolute Gasteiger partial charge is 0.462 e. The summed E-state index contributed by atoms with van der Waals surface area (Å²) in [6, 6.07) is 24.2. The Morgan fingerprint density at radius 2 is 1.76 bits per heavy atom. The van der Waals surface area contributed by atoms with Crippen LogP contribution in [0.4, 0.5) is 0 Å². The van der Waals surface area contributed by atoms with Crippen molar-refractivity contribution in [2.45, 2.75) is 20.0 Å². The predicted octanol–water partition coefficient (Wildman–Crippen LogP) is 5.83. The number of rotatable bonds is 6. The van der Waals surface area contributed by atoms with E-state index in [1.807, 2.05) is 43.3 Å². The number of thiophene rings is 1. The topological polar surface area (TPSA) is 46.5 Å². The van der Waals surface area contributed by atoms with Gasteiger partial charge >= 0.3 is 5.97 Å². The minimum atomic E-state index is -0.294. The molecule has 0 bridgehead atoms. The van der Waals surface area contributed by atoms with Gasteiger partial charge in [-0.1, -0.05) is 54.6 Å². The Bertz CT molecular complexity index is 1160. The van der Waals surface area contributed by atoms with Crippen LogP contribution in [-0.2, 0) is 17.8 Å². The van der Waals surface area contributed by atoms with Crippen LogP contribution in [-0.4, -0.2) is 17.7 Å². The van der Waals surface area contributed by atoms with Gasteiger partial charge in [0.25, 0.3) is 0 Å². The first kappa shape index (κ1) is 19.4. The lowest BCUT2D eigenvalue weighted by Gasteiger charge is -2.06. The van der Waals surface area contributed by atoms with Crippen LogP contribution in [0.15, 0.2) is 72.8 Å². The normalized spacial score (nSPS) is 11.0. The molecule has 0 aliphatic rings. The molecule has 0 amide bonds. The van der Waals surface area contributed by atoms with Crippen molar-refractivity contribution in [2.24, 2.45) is 0 Å². The van der Waals surface area contributed by atoms with Crippen molar-refractivity contribution in [1.29, 1.82) is 0 Å². The number of aliphatic hydroxyl groups excluding tert-OH is 1. The Hall–Kier alpha value is -2.95. The monoisotopic (exact) mass is 402 g/mol. The summed E-state index contributed by atoms with van der Waals surface area (Å²) < 4.78 is 6.35. The Labute approximate surface area is 174 Å². The molecule has 3 aromatic carbocycles. The van der Waals surface area contributed by atoms with Crippen molar-refractivity contribution in [2.75, 3.05) is 6.61 Å². The highest BCUT2D eigenvalue weighted by Crippen LogP contribution is 2.36. The second-order valence-electron chi connectivity index (χ2n) is 6.89. The maximum Gasteiger partial charge on any atom is 0.338 e. The quantitative estimate of drug-likeness (QED) is 0.413. The zero-order chi connectivity index (χ0) is 20.2. The van der Waals surface area contributed by atoms with Gasteiger partial charge in [0.05, 0.1) is 18.8 Å². The van der Waals surface area contributed by atoms with E-state index in [0.717, 1.165) is 23.1 Å². The van der Waals surface area contributed by atoms with Crippen molar-refractivity contribution in [1.82, 2.24) is 0 Å². The van der Waals surface area contributed by atoms with Gasteiger partial charge in [0.15, 0.2) is 0 Å². The maximum atomic E-state index is 12.1. The van der Waals surface area contributed by atoms with Crippen LogP contribution in [0.2, 0.25) is 0 Å². The summed E-state index contributed by atoms with van der Waals surface area (Å²) in [5, 5.41) is 10.6. The van der Waals surface area contributed by atoms with Crippen molar-refractivity contribution in [3.63, 3.8) is 0 Å². The minimum absolute atomic E-state index is 0.0568. The second-order valence-corrected chi connectivity index (χ2v) is 8.03. The molecular weight excluding hydrogens is 380 g/mol. The van der Waals surface area contributed by atoms with Gasteiger partial charge in [-0.15, -0.1) is 11.3 Å². The standard InChI is InChI=1S/C25H22O3S/c1-2-28-25(27)21-10-4-8-19(14-21)23-11-5-9-20-15-22(29-24(20)23)13-17-6-3-7-18(12-17)16-26/h3-12,14-15,26H,2,13,16H2,1H3. The van der Waals surface area contributed by atoms with Crippen LogP contribution in [0.5, 0.6) is 0 Å². The number of esters is 1. The van der Waals surface area contributed by atoms with E-state index in [1.54, 1.807) is 17.4 Å². The molecule has 4 rings (SSSR count).